The van der Waals surface area contributed by atoms with Crippen LogP contribution >= 0.6 is 0 Å². The second-order valence-electron chi connectivity index (χ2n) is 7.81. The molecule has 0 unspecified atom stereocenters. The highest BCUT2D eigenvalue weighted by Crippen LogP contribution is 2.33. The number of fused-ring (bicyclic) bond motifs is 2. The quantitative estimate of drug-likeness (QED) is 0.512. The van der Waals surface area contributed by atoms with Gasteiger partial charge in [-0.3, -0.25) is 10.6 Å². The fourth-order valence-corrected chi connectivity index (χ4v) is 3.49. The molecule has 0 aliphatic carbocycles. The van der Waals surface area contributed by atoms with Crippen LogP contribution in [0.25, 0.3) is 0 Å². The Balaban J connectivity index is 1.13. The molecule has 0 spiro atoms. The van der Waals surface area contributed by atoms with Crippen molar-refractivity contribution >= 4 is 23.6 Å². The summed E-state index contributed by atoms with van der Waals surface area (Å²) in [4.78, 5) is 24.6. The summed E-state index contributed by atoms with van der Waals surface area (Å²) in [6.45, 7) is 2.30. The molecule has 10 heteroatoms. The Morgan fingerprint density at radius 1 is 0.714 bits per heavy atom. The van der Waals surface area contributed by atoms with Gasteiger partial charge in [0.2, 0.25) is 13.6 Å². The molecule has 0 saturated carbocycles. The average molecular weight is 478 g/mol. The van der Waals surface area contributed by atoms with E-state index in [1.54, 1.807) is 54.6 Å². The van der Waals surface area contributed by atoms with Gasteiger partial charge in [-0.15, -0.1) is 0 Å². The maximum absolute atomic E-state index is 12.3. The molecule has 0 fully saturated rings. The standard InChI is InChI=1S/C25H22N2O8/c1-15-2-5-18(26-24(28)30-11-16-3-6-20-22(8-16)34-13-32-20)10-19(15)27-25(29)31-12-17-4-7-21-23(9-17)35-14-33-21/h2-10H,11-14H2,1H3,(H,26,28)(H,27,29). The molecule has 2 aliphatic heterocycles. The zero-order valence-corrected chi connectivity index (χ0v) is 18.8. The van der Waals surface area contributed by atoms with Crippen LogP contribution in [-0.2, 0) is 22.7 Å². The van der Waals surface area contributed by atoms with Crippen LogP contribution in [0.5, 0.6) is 23.0 Å². The van der Waals surface area contributed by atoms with E-state index in [1.165, 1.54) is 0 Å². The number of aryl methyl sites for hydroxylation is 1. The van der Waals surface area contributed by atoms with Crippen LogP contribution in [0.2, 0.25) is 0 Å². The first kappa shape index (κ1) is 22.2. The van der Waals surface area contributed by atoms with E-state index in [4.69, 9.17) is 28.4 Å². The Morgan fingerprint density at radius 3 is 1.86 bits per heavy atom. The lowest BCUT2D eigenvalue weighted by molar-refractivity contribution is 0.154. The van der Waals surface area contributed by atoms with Gasteiger partial charge in [-0.05, 0) is 60.0 Å². The second-order valence-corrected chi connectivity index (χ2v) is 7.81. The van der Waals surface area contributed by atoms with Crippen molar-refractivity contribution in [1.82, 2.24) is 0 Å². The fraction of sp³-hybridized carbons (Fsp3) is 0.200. The lowest BCUT2D eigenvalue weighted by atomic mass is 10.2. The van der Waals surface area contributed by atoms with Crippen LogP contribution in [-0.4, -0.2) is 25.8 Å². The van der Waals surface area contributed by atoms with E-state index in [0.717, 1.165) is 16.7 Å². The zero-order chi connectivity index (χ0) is 24.2. The molecule has 0 radical (unpaired) electrons. The van der Waals surface area contributed by atoms with Gasteiger partial charge < -0.3 is 28.4 Å². The van der Waals surface area contributed by atoms with E-state index >= 15 is 0 Å². The topological polar surface area (TPSA) is 114 Å². The largest absolute Gasteiger partial charge is 0.454 e. The molecule has 0 aromatic heterocycles. The molecular weight excluding hydrogens is 456 g/mol. The molecule has 35 heavy (non-hydrogen) atoms. The summed E-state index contributed by atoms with van der Waals surface area (Å²) in [7, 11) is 0. The highest BCUT2D eigenvalue weighted by molar-refractivity contribution is 5.89. The summed E-state index contributed by atoms with van der Waals surface area (Å²) in [5.41, 5.74) is 3.28. The number of ether oxygens (including phenoxy) is 6. The minimum atomic E-state index is -0.636. The highest BCUT2D eigenvalue weighted by Gasteiger charge is 2.16. The summed E-state index contributed by atoms with van der Waals surface area (Å²) in [5, 5.41) is 5.35. The molecule has 2 N–H and O–H groups in total. The number of nitrogens with one attached hydrogen (secondary N) is 2. The van der Waals surface area contributed by atoms with Crippen molar-refractivity contribution in [3.05, 3.63) is 71.3 Å². The van der Waals surface area contributed by atoms with E-state index in [2.05, 4.69) is 10.6 Å². The second kappa shape index (κ2) is 9.72. The molecule has 2 heterocycles. The normalized spacial score (nSPS) is 12.7. The number of hydrogen-bond donors (Lipinski definition) is 2. The number of carbonyl (C=O) groups excluding carboxylic acids is 2. The SMILES string of the molecule is Cc1ccc(NC(=O)OCc2ccc3c(c2)OCO3)cc1NC(=O)OCc1ccc2c(c1)OCO2. The summed E-state index contributed by atoms with van der Waals surface area (Å²) in [6.07, 6.45) is -1.27. The van der Waals surface area contributed by atoms with Crippen molar-refractivity contribution < 1.29 is 38.0 Å². The van der Waals surface area contributed by atoms with Crippen LogP contribution in [0, 0.1) is 6.92 Å². The molecule has 2 amide bonds. The number of carbonyl (C=O) groups is 2. The maximum atomic E-state index is 12.3. The number of hydrogen-bond acceptors (Lipinski definition) is 8. The predicted molar refractivity (Wildman–Crippen MR) is 124 cm³/mol. The Kier molecular flexibility index (Phi) is 6.16. The molecule has 0 bridgehead atoms. The zero-order valence-electron chi connectivity index (χ0n) is 18.8. The van der Waals surface area contributed by atoms with Crippen molar-refractivity contribution in [2.75, 3.05) is 24.2 Å². The summed E-state index contributed by atoms with van der Waals surface area (Å²) >= 11 is 0. The van der Waals surface area contributed by atoms with Crippen LogP contribution in [0.15, 0.2) is 54.6 Å². The number of benzene rings is 3. The van der Waals surface area contributed by atoms with E-state index in [0.29, 0.717) is 34.4 Å². The minimum absolute atomic E-state index is 0.0611. The van der Waals surface area contributed by atoms with Crippen molar-refractivity contribution in [3.8, 4) is 23.0 Å². The van der Waals surface area contributed by atoms with E-state index in [9.17, 15) is 9.59 Å². The van der Waals surface area contributed by atoms with Gasteiger partial charge in [-0.25, -0.2) is 9.59 Å². The molecule has 3 aromatic rings. The van der Waals surface area contributed by atoms with Gasteiger partial charge in [0, 0.05) is 11.4 Å². The first-order chi connectivity index (χ1) is 17.0. The van der Waals surface area contributed by atoms with Gasteiger partial charge in [0.1, 0.15) is 13.2 Å². The highest BCUT2D eigenvalue weighted by atomic mass is 16.7. The molecule has 10 nitrogen and oxygen atoms in total. The molecule has 0 saturated heterocycles. The van der Waals surface area contributed by atoms with Crippen molar-refractivity contribution in [2.45, 2.75) is 20.1 Å². The summed E-state index contributed by atoms with van der Waals surface area (Å²) in [6, 6.07) is 15.8. The van der Waals surface area contributed by atoms with Gasteiger partial charge in [0.25, 0.3) is 0 Å². The minimum Gasteiger partial charge on any atom is -0.454 e. The first-order valence-corrected chi connectivity index (χ1v) is 10.8. The van der Waals surface area contributed by atoms with Crippen LogP contribution < -0.4 is 29.6 Å². The van der Waals surface area contributed by atoms with Crippen molar-refractivity contribution in [3.63, 3.8) is 0 Å². The van der Waals surface area contributed by atoms with Crippen LogP contribution in [0.3, 0.4) is 0 Å². The molecule has 5 rings (SSSR count). The molecule has 0 atom stereocenters. The number of amides is 2. The lowest BCUT2D eigenvalue weighted by Gasteiger charge is -2.12. The van der Waals surface area contributed by atoms with Crippen molar-refractivity contribution in [2.24, 2.45) is 0 Å². The van der Waals surface area contributed by atoms with E-state index in [1.807, 2.05) is 6.92 Å². The van der Waals surface area contributed by atoms with Crippen LogP contribution in [0.1, 0.15) is 16.7 Å². The lowest BCUT2D eigenvalue weighted by Crippen LogP contribution is -2.16. The Morgan fingerprint density at radius 2 is 1.26 bits per heavy atom. The van der Waals surface area contributed by atoms with Gasteiger partial charge in [0.05, 0.1) is 0 Å². The monoisotopic (exact) mass is 478 g/mol. The van der Waals surface area contributed by atoms with Gasteiger partial charge in [-0.1, -0.05) is 18.2 Å². The smallest absolute Gasteiger partial charge is 0.411 e. The average Bonchev–Trinajstić information content (AvgIpc) is 3.52. The van der Waals surface area contributed by atoms with Crippen molar-refractivity contribution in [1.29, 1.82) is 0 Å². The van der Waals surface area contributed by atoms with Gasteiger partial charge in [-0.2, -0.15) is 0 Å². The van der Waals surface area contributed by atoms with E-state index < -0.39 is 12.2 Å². The van der Waals surface area contributed by atoms with Crippen LogP contribution in [0.4, 0.5) is 21.0 Å². The third kappa shape index (κ3) is 5.32. The van der Waals surface area contributed by atoms with E-state index in [-0.39, 0.29) is 26.8 Å². The Hall–Kier alpha value is -4.60. The molecular formula is C25H22N2O8. The predicted octanol–water partition coefficient (Wildman–Crippen LogP) is 4.95. The third-order valence-corrected chi connectivity index (χ3v) is 5.33. The van der Waals surface area contributed by atoms with Gasteiger partial charge in [0.15, 0.2) is 23.0 Å². The number of anilines is 2. The summed E-state index contributed by atoms with van der Waals surface area (Å²) in [5.74, 6) is 2.55. The van der Waals surface area contributed by atoms with Gasteiger partial charge >= 0.3 is 12.2 Å². The Bertz CT molecular complexity index is 1280. The summed E-state index contributed by atoms with van der Waals surface area (Å²) < 4.78 is 31.8. The number of rotatable bonds is 6. The maximum Gasteiger partial charge on any atom is 0.411 e. The third-order valence-electron chi connectivity index (χ3n) is 5.33. The molecule has 180 valence electrons. The molecule has 3 aromatic carbocycles. The fourth-order valence-electron chi connectivity index (χ4n) is 3.49. The first-order valence-electron chi connectivity index (χ1n) is 10.8. The molecule has 2 aliphatic rings. The Labute approximate surface area is 200 Å².